The van der Waals surface area contributed by atoms with Gasteiger partial charge >= 0.3 is 0 Å². The molecule has 0 aliphatic heterocycles. The Bertz CT molecular complexity index is 832. The summed E-state index contributed by atoms with van der Waals surface area (Å²) in [6, 6.07) is -0.146. The highest BCUT2D eigenvalue weighted by Crippen LogP contribution is 2.28. The lowest BCUT2D eigenvalue weighted by atomic mass is 9.83. The zero-order valence-corrected chi connectivity index (χ0v) is 17.0. The van der Waals surface area contributed by atoms with E-state index in [0.29, 0.717) is 43.1 Å². The van der Waals surface area contributed by atoms with Crippen molar-refractivity contribution in [3.05, 3.63) is 29.2 Å². The van der Waals surface area contributed by atoms with Crippen molar-refractivity contribution < 1.29 is 18.8 Å². The van der Waals surface area contributed by atoms with Crippen molar-refractivity contribution in [2.24, 2.45) is 5.92 Å². The molecule has 0 saturated heterocycles. The van der Waals surface area contributed by atoms with E-state index in [2.05, 4.69) is 31.0 Å². The van der Waals surface area contributed by atoms with E-state index in [0.717, 1.165) is 12.1 Å². The molecular weight excluding hydrogens is 376 g/mol. The van der Waals surface area contributed by atoms with Gasteiger partial charge in [0.1, 0.15) is 0 Å². The van der Waals surface area contributed by atoms with Crippen LogP contribution in [-0.4, -0.2) is 50.9 Å². The number of aromatic amines is 1. The fraction of sp³-hybridized carbons (Fsp3) is 0.632. The second-order valence-electron chi connectivity index (χ2n) is 7.36. The first-order valence-electron chi connectivity index (χ1n) is 9.97. The Labute approximate surface area is 169 Å². The van der Waals surface area contributed by atoms with Gasteiger partial charge < -0.3 is 19.9 Å². The number of aromatic nitrogens is 4. The minimum Gasteiger partial charge on any atom is -0.376 e. The average molecular weight is 404 g/mol. The summed E-state index contributed by atoms with van der Waals surface area (Å²) in [5.41, 5.74) is 1.24. The zero-order chi connectivity index (χ0) is 20.8. The molecule has 3 atom stereocenters. The van der Waals surface area contributed by atoms with Crippen molar-refractivity contribution in [1.29, 1.82) is 0 Å². The summed E-state index contributed by atoms with van der Waals surface area (Å²) in [6.07, 6.45) is 4.04. The molecule has 0 bridgehead atoms. The van der Waals surface area contributed by atoms with E-state index >= 15 is 0 Å². The molecule has 2 amide bonds. The van der Waals surface area contributed by atoms with Gasteiger partial charge in [-0.2, -0.15) is 10.1 Å². The lowest BCUT2D eigenvalue weighted by Crippen LogP contribution is -2.50. The Morgan fingerprint density at radius 2 is 2.17 bits per heavy atom. The van der Waals surface area contributed by atoms with Crippen molar-refractivity contribution in [1.82, 2.24) is 31.0 Å². The van der Waals surface area contributed by atoms with Gasteiger partial charge in [0, 0.05) is 25.1 Å². The Kier molecular flexibility index (Phi) is 6.97. The Balaban J connectivity index is 1.57. The van der Waals surface area contributed by atoms with Gasteiger partial charge in [0.15, 0.2) is 5.82 Å². The van der Waals surface area contributed by atoms with E-state index in [-0.39, 0.29) is 36.4 Å². The molecule has 0 spiro atoms. The number of aryl methyl sites for hydroxylation is 2. The average Bonchev–Trinajstić information content (AvgIpc) is 3.33. The van der Waals surface area contributed by atoms with Gasteiger partial charge in [-0.05, 0) is 32.6 Å². The molecule has 10 nitrogen and oxygen atoms in total. The predicted octanol–water partition coefficient (Wildman–Crippen LogP) is 1.42. The molecule has 0 aromatic carbocycles. The number of hydrogen-bond acceptors (Lipinski definition) is 7. The molecule has 1 fully saturated rings. The highest BCUT2D eigenvalue weighted by molar-refractivity contribution is 5.95. The van der Waals surface area contributed by atoms with Gasteiger partial charge in [-0.1, -0.05) is 12.1 Å². The van der Waals surface area contributed by atoms with E-state index in [1.807, 2.05) is 6.92 Å². The number of H-pyrrole nitrogens is 1. The van der Waals surface area contributed by atoms with Crippen molar-refractivity contribution in [2.75, 3.05) is 6.61 Å². The highest BCUT2D eigenvalue weighted by Gasteiger charge is 2.35. The van der Waals surface area contributed by atoms with E-state index in [4.69, 9.17) is 9.26 Å². The molecule has 1 aliphatic carbocycles. The molecule has 2 aromatic heterocycles. The molecule has 1 aliphatic rings. The lowest BCUT2D eigenvalue weighted by Gasteiger charge is -2.35. The predicted molar refractivity (Wildman–Crippen MR) is 103 cm³/mol. The minimum absolute atomic E-state index is 0.0620. The first-order chi connectivity index (χ1) is 14.0. The molecule has 158 valence electrons. The second-order valence-corrected chi connectivity index (χ2v) is 7.36. The van der Waals surface area contributed by atoms with Gasteiger partial charge in [-0.15, -0.1) is 0 Å². The van der Waals surface area contributed by atoms with Crippen LogP contribution in [0.2, 0.25) is 0 Å². The SMILES string of the molecule is CCCO[C@H]1C[C@@H](C(=O)NCc2noc(C)n2)CC[C@@H]1NC(=O)c1cn[nH]c1C. The van der Waals surface area contributed by atoms with Crippen LogP contribution in [0.4, 0.5) is 0 Å². The largest absolute Gasteiger partial charge is 0.376 e. The van der Waals surface area contributed by atoms with Crippen LogP contribution in [-0.2, 0) is 16.1 Å². The molecule has 10 heteroatoms. The van der Waals surface area contributed by atoms with Gasteiger partial charge in [0.05, 0.1) is 30.5 Å². The maximum absolute atomic E-state index is 12.6. The molecule has 0 radical (unpaired) electrons. The number of amides is 2. The lowest BCUT2D eigenvalue weighted by molar-refractivity contribution is -0.128. The van der Waals surface area contributed by atoms with Crippen molar-refractivity contribution in [3.63, 3.8) is 0 Å². The van der Waals surface area contributed by atoms with E-state index in [1.54, 1.807) is 13.8 Å². The summed E-state index contributed by atoms with van der Waals surface area (Å²) < 4.78 is 10.9. The molecule has 0 unspecified atom stereocenters. The highest BCUT2D eigenvalue weighted by atomic mass is 16.5. The van der Waals surface area contributed by atoms with E-state index in [1.165, 1.54) is 6.20 Å². The van der Waals surface area contributed by atoms with Crippen LogP contribution in [0, 0.1) is 19.8 Å². The molecule has 3 rings (SSSR count). The van der Waals surface area contributed by atoms with Crippen LogP contribution in [0.5, 0.6) is 0 Å². The quantitative estimate of drug-likeness (QED) is 0.605. The van der Waals surface area contributed by atoms with Crippen LogP contribution in [0.3, 0.4) is 0 Å². The molecule has 2 aromatic rings. The number of nitrogens with one attached hydrogen (secondary N) is 3. The maximum atomic E-state index is 12.6. The maximum Gasteiger partial charge on any atom is 0.255 e. The van der Waals surface area contributed by atoms with Crippen LogP contribution >= 0.6 is 0 Å². The summed E-state index contributed by atoms with van der Waals surface area (Å²) in [5, 5.41) is 16.4. The smallest absolute Gasteiger partial charge is 0.255 e. The van der Waals surface area contributed by atoms with Crippen molar-refractivity contribution in [2.45, 2.75) is 65.1 Å². The summed E-state index contributed by atoms with van der Waals surface area (Å²) in [5.74, 6) is 0.487. The van der Waals surface area contributed by atoms with Gasteiger partial charge in [-0.3, -0.25) is 14.7 Å². The number of rotatable bonds is 8. The summed E-state index contributed by atoms with van der Waals surface area (Å²) >= 11 is 0. The number of ether oxygens (including phenoxy) is 1. The number of nitrogens with zero attached hydrogens (tertiary/aromatic N) is 3. The molecule has 3 N–H and O–H groups in total. The second kappa shape index (κ2) is 9.64. The fourth-order valence-corrected chi connectivity index (χ4v) is 3.54. The van der Waals surface area contributed by atoms with E-state index in [9.17, 15) is 9.59 Å². The fourth-order valence-electron chi connectivity index (χ4n) is 3.54. The van der Waals surface area contributed by atoms with Crippen LogP contribution < -0.4 is 10.6 Å². The Hall–Kier alpha value is -2.75. The first-order valence-corrected chi connectivity index (χ1v) is 9.97. The molecule has 1 saturated carbocycles. The van der Waals surface area contributed by atoms with Gasteiger partial charge in [0.2, 0.25) is 11.8 Å². The minimum atomic E-state index is -0.219. The first kappa shape index (κ1) is 21.0. The van der Waals surface area contributed by atoms with Crippen LogP contribution in [0.15, 0.2) is 10.7 Å². The van der Waals surface area contributed by atoms with Crippen LogP contribution in [0.1, 0.15) is 60.4 Å². The number of carbonyl (C=O) groups excluding carboxylic acids is 2. The summed E-state index contributed by atoms with van der Waals surface area (Å²) in [6.45, 7) is 6.35. The normalized spacial score (nSPS) is 21.7. The number of hydrogen-bond donors (Lipinski definition) is 3. The summed E-state index contributed by atoms with van der Waals surface area (Å²) in [4.78, 5) is 29.3. The van der Waals surface area contributed by atoms with Gasteiger partial charge in [0.25, 0.3) is 5.91 Å². The third-order valence-electron chi connectivity index (χ3n) is 5.08. The van der Waals surface area contributed by atoms with E-state index < -0.39 is 0 Å². The third kappa shape index (κ3) is 5.41. The molecule has 2 heterocycles. The zero-order valence-electron chi connectivity index (χ0n) is 17.0. The summed E-state index contributed by atoms with van der Waals surface area (Å²) in [7, 11) is 0. The molecular formula is C19H28N6O4. The Morgan fingerprint density at radius 1 is 1.34 bits per heavy atom. The third-order valence-corrected chi connectivity index (χ3v) is 5.08. The van der Waals surface area contributed by atoms with Crippen LogP contribution in [0.25, 0.3) is 0 Å². The van der Waals surface area contributed by atoms with Crippen molar-refractivity contribution >= 4 is 11.8 Å². The number of carbonyl (C=O) groups is 2. The topological polar surface area (TPSA) is 135 Å². The van der Waals surface area contributed by atoms with Crippen molar-refractivity contribution in [3.8, 4) is 0 Å². The van der Waals surface area contributed by atoms with Gasteiger partial charge in [-0.25, -0.2) is 0 Å². The monoisotopic (exact) mass is 404 g/mol. The molecule has 29 heavy (non-hydrogen) atoms. The Morgan fingerprint density at radius 3 is 2.83 bits per heavy atom. The standard InChI is InChI=1S/C19H28N6O4/c1-4-7-28-16-8-13(18(26)20-10-17-22-12(3)29-25-17)5-6-15(16)23-19(27)14-9-21-24-11(14)2/h9,13,15-16H,4-8,10H2,1-3H3,(H,20,26)(H,21,24)(H,23,27)/t13-,15-,16-/m0/s1.